The highest BCUT2D eigenvalue weighted by molar-refractivity contribution is 6.32. The highest BCUT2D eigenvalue weighted by Gasteiger charge is 2.29. The van der Waals surface area contributed by atoms with Crippen molar-refractivity contribution in [2.75, 3.05) is 26.7 Å². The minimum Gasteiger partial charge on any atom is -0.495 e. The number of hydrogen-bond acceptors (Lipinski definition) is 6. The average molecular weight is 456 g/mol. The Morgan fingerprint density at radius 1 is 1.16 bits per heavy atom. The van der Waals surface area contributed by atoms with E-state index in [-0.39, 0.29) is 17.2 Å². The number of benzene rings is 1. The quantitative estimate of drug-likeness (QED) is 0.612. The van der Waals surface area contributed by atoms with Gasteiger partial charge < -0.3 is 15.0 Å². The Morgan fingerprint density at radius 3 is 2.72 bits per heavy atom. The van der Waals surface area contributed by atoms with Gasteiger partial charge in [-0.25, -0.2) is 4.98 Å². The van der Waals surface area contributed by atoms with Crippen molar-refractivity contribution in [1.29, 1.82) is 0 Å². The molecule has 168 valence electrons. The fourth-order valence-corrected chi connectivity index (χ4v) is 5.14. The lowest BCUT2D eigenvalue weighted by Crippen LogP contribution is -2.44. The topological polar surface area (TPSA) is 81.4 Å². The molecule has 32 heavy (non-hydrogen) atoms. The van der Waals surface area contributed by atoms with Crippen molar-refractivity contribution >= 4 is 22.8 Å². The number of pyridine rings is 1. The molecule has 1 aromatic carbocycles. The predicted octanol–water partition coefficient (Wildman–Crippen LogP) is 2.03. The van der Waals surface area contributed by atoms with Gasteiger partial charge in [0.2, 0.25) is 0 Å². The number of aromatic nitrogens is 3. The smallest absolute Gasteiger partial charge is 0.270 e. The van der Waals surface area contributed by atoms with E-state index in [1.807, 2.05) is 18.2 Å². The van der Waals surface area contributed by atoms with Crippen LogP contribution in [0.1, 0.15) is 24.4 Å². The molecule has 2 aliphatic heterocycles. The zero-order chi connectivity index (χ0) is 22.2. The van der Waals surface area contributed by atoms with Gasteiger partial charge in [0, 0.05) is 31.7 Å². The van der Waals surface area contributed by atoms with Crippen LogP contribution >= 0.6 is 11.6 Å². The summed E-state index contributed by atoms with van der Waals surface area (Å²) < 4.78 is 8.65. The number of hydrogen-bond donors (Lipinski definition) is 1. The van der Waals surface area contributed by atoms with Crippen molar-refractivity contribution in [3.63, 3.8) is 0 Å². The third-order valence-corrected chi connectivity index (χ3v) is 6.84. The highest BCUT2D eigenvalue weighted by Crippen LogP contribution is 2.26. The average Bonchev–Trinajstić information content (AvgIpc) is 3.19. The van der Waals surface area contributed by atoms with Crippen LogP contribution in [0.4, 0.5) is 0 Å². The predicted molar refractivity (Wildman–Crippen MR) is 124 cm³/mol. The van der Waals surface area contributed by atoms with Crippen molar-refractivity contribution in [2.24, 2.45) is 0 Å². The van der Waals surface area contributed by atoms with Gasteiger partial charge in [0.15, 0.2) is 0 Å². The lowest BCUT2D eigenvalue weighted by molar-refractivity contribution is 0.171. The zero-order valence-corrected chi connectivity index (χ0v) is 18.7. The molecule has 0 aliphatic carbocycles. The van der Waals surface area contributed by atoms with Crippen LogP contribution < -0.4 is 21.2 Å². The van der Waals surface area contributed by atoms with Gasteiger partial charge in [-0.15, -0.1) is 0 Å². The molecule has 0 spiro atoms. The molecule has 1 atom stereocenters. The first-order chi connectivity index (χ1) is 15.5. The summed E-state index contributed by atoms with van der Waals surface area (Å²) in [6.45, 7) is 3.94. The third-order valence-electron chi connectivity index (χ3n) is 6.54. The van der Waals surface area contributed by atoms with Gasteiger partial charge >= 0.3 is 0 Å². The van der Waals surface area contributed by atoms with E-state index in [1.165, 1.54) is 12.3 Å². The van der Waals surface area contributed by atoms with Crippen LogP contribution in [0, 0.1) is 0 Å². The summed E-state index contributed by atoms with van der Waals surface area (Å²) in [6, 6.07) is 9.47. The van der Waals surface area contributed by atoms with Crippen LogP contribution in [0.3, 0.4) is 0 Å². The van der Waals surface area contributed by atoms with E-state index in [4.69, 9.17) is 16.3 Å². The van der Waals surface area contributed by atoms with E-state index >= 15 is 0 Å². The molecule has 0 amide bonds. The third kappa shape index (κ3) is 3.94. The number of nitrogens with zero attached hydrogens (tertiary/aromatic N) is 4. The molecule has 0 saturated carbocycles. The molecule has 9 heteroatoms. The number of likely N-dealkylation sites (tertiary alicyclic amines) is 1. The van der Waals surface area contributed by atoms with Crippen LogP contribution in [0.15, 0.2) is 46.1 Å². The van der Waals surface area contributed by atoms with Gasteiger partial charge in [0.25, 0.3) is 11.1 Å². The van der Waals surface area contributed by atoms with Crippen molar-refractivity contribution in [3.8, 4) is 5.75 Å². The maximum atomic E-state index is 12.5. The molecule has 2 aromatic heterocycles. The molecular weight excluding hydrogens is 430 g/mol. The molecule has 1 fully saturated rings. The number of nitrogens with one attached hydrogen (secondary N) is 1. The number of piperidine rings is 1. The SMILES string of the molecule is COc1ccc(CNC2CCN(CC3Cn4c(=O)ccc5ncc(=O)n3c54)CC2)cc1Cl. The van der Waals surface area contributed by atoms with Crippen LogP contribution in [0.5, 0.6) is 5.75 Å². The number of methoxy groups -OCH3 is 1. The van der Waals surface area contributed by atoms with Gasteiger partial charge in [-0.1, -0.05) is 17.7 Å². The fraction of sp³-hybridized carbons (Fsp3) is 0.435. The van der Waals surface area contributed by atoms with Gasteiger partial charge in [-0.05, 0) is 49.7 Å². The van der Waals surface area contributed by atoms with Gasteiger partial charge in [-0.3, -0.25) is 18.7 Å². The zero-order valence-electron chi connectivity index (χ0n) is 18.0. The summed E-state index contributed by atoms with van der Waals surface area (Å²) >= 11 is 6.23. The number of rotatable bonds is 6. The standard InChI is InChI=1S/C23H26ClN5O3/c1-32-20-4-2-15(10-18(20)24)11-25-16-6-8-27(9-7-16)13-17-14-28-21(30)5-3-19-23(28)29(17)22(31)12-26-19/h2-5,10,12,16-17,25H,6-9,11,13-14H2,1H3. The van der Waals surface area contributed by atoms with E-state index in [9.17, 15) is 9.59 Å². The van der Waals surface area contributed by atoms with Crippen LogP contribution in [-0.2, 0) is 13.1 Å². The van der Waals surface area contributed by atoms with Crippen molar-refractivity contribution < 1.29 is 4.74 Å². The van der Waals surface area contributed by atoms with Crippen molar-refractivity contribution in [2.45, 2.75) is 38.0 Å². The molecule has 5 rings (SSSR count). The summed E-state index contributed by atoms with van der Waals surface area (Å²) in [5.41, 5.74) is 2.24. The van der Waals surface area contributed by atoms with E-state index in [1.54, 1.807) is 22.3 Å². The minimum absolute atomic E-state index is 0.0472. The van der Waals surface area contributed by atoms with E-state index in [2.05, 4.69) is 15.2 Å². The fourth-order valence-electron chi connectivity index (χ4n) is 4.86. The molecule has 1 unspecified atom stereocenters. The Balaban J connectivity index is 1.19. The Labute approximate surface area is 190 Å². The summed E-state index contributed by atoms with van der Waals surface area (Å²) in [7, 11) is 1.61. The Bertz CT molecular complexity index is 1260. The molecule has 1 N–H and O–H groups in total. The van der Waals surface area contributed by atoms with Crippen LogP contribution in [0.25, 0.3) is 11.2 Å². The molecule has 0 radical (unpaired) electrons. The lowest BCUT2D eigenvalue weighted by atomic mass is 10.0. The second-order valence-corrected chi connectivity index (χ2v) is 8.94. The highest BCUT2D eigenvalue weighted by atomic mass is 35.5. The maximum absolute atomic E-state index is 12.5. The minimum atomic E-state index is -0.144. The van der Waals surface area contributed by atoms with Crippen LogP contribution in [0.2, 0.25) is 5.02 Å². The first-order valence-electron chi connectivity index (χ1n) is 10.9. The number of ether oxygens (including phenoxy) is 1. The molecule has 3 aromatic rings. The molecule has 8 nitrogen and oxygen atoms in total. The number of halogens is 1. The second kappa shape index (κ2) is 8.69. The Kier molecular flexibility index (Phi) is 5.75. The molecular formula is C23H26ClN5O3. The van der Waals surface area contributed by atoms with E-state index < -0.39 is 0 Å². The molecule has 2 aliphatic rings. The van der Waals surface area contributed by atoms with Gasteiger partial charge in [0.1, 0.15) is 16.9 Å². The second-order valence-electron chi connectivity index (χ2n) is 8.54. The van der Waals surface area contributed by atoms with Gasteiger partial charge in [-0.2, -0.15) is 0 Å². The van der Waals surface area contributed by atoms with Crippen LogP contribution in [-0.4, -0.2) is 51.8 Å². The Hall–Kier alpha value is -2.68. The summed E-state index contributed by atoms with van der Waals surface area (Å²) in [5.74, 6) is 0.686. The monoisotopic (exact) mass is 455 g/mol. The largest absolute Gasteiger partial charge is 0.495 e. The molecule has 0 bridgehead atoms. The maximum Gasteiger partial charge on any atom is 0.270 e. The van der Waals surface area contributed by atoms with E-state index in [0.29, 0.717) is 34.5 Å². The lowest BCUT2D eigenvalue weighted by Gasteiger charge is -2.34. The first kappa shape index (κ1) is 21.2. The van der Waals surface area contributed by atoms with E-state index in [0.717, 1.165) is 44.6 Å². The molecule has 4 heterocycles. The summed E-state index contributed by atoms with van der Waals surface area (Å²) in [6.07, 6.45) is 3.42. The first-order valence-corrected chi connectivity index (χ1v) is 11.3. The summed E-state index contributed by atoms with van der Waals surface area (Å²) in [5, 5.41) is 4.25. The normalized spacial score (nSPS) is 19.0. The summed E-state index contributed by atoms with van der Waals surface area (Å²) in [4.78, 5) is 31.5. The van der Waals surface area contributed by atoms with Gasteiger partial charge in [0.05, 0.1) is 24.4 Å². The van der Waals surface area contributed by atoms with Crippen molar-refractivity contribution in [3.05, 3.63) is 67.8 Å². The van der Waals surface area contributed by atoms with Crippen molar-refractivity contribution in [1.82, 2.24) is 24.3 Å². The molecule has 1 saturated heterocycles. The Morgan fingerprint density at radius 2 is 1.97 bits per heavy atom.